The average Bonchev–Trinajstić information content (AvgIpc) is 2.62. The largest absolute Gasteiger partial charge is 0.376 e. The molecule has 0 saturated heterocycles. The molecule has 0 fully saturated rings. The lowest BCUT2D eigenvalue weighted by Crippen LogP contribution is -2.25. The molecular formula is C19H22FN3O2. The number of unbranched alkanes of at least 4 members (excludes halogenated alkanes) is 1. The van der Waals surface area contributed by atoms with Gasteiger partial charge in [-0.25, -0.2) is 4.39 Å². The molecule has 0 spiro atoms. The van der Waals surface area contributed by atoms with Gasteiger partial charge >= 0.3 is 0 Å². The molecule has 3 N–H and O–H groups in total. The first-order valence-corrected chi connectivity index (χ1v) is 8.26. The number of carbonyl (C=O) groups is 2. The molecule has 5 nitrogen and oxygen atoms in total. The maximum Gasteiger partial charge on any atom is 0.251 e. The highest BCUT2D eigenvalue weighted by Gasteiger charge is 2.08. The summed E-state index contributed by atoms with van der Waals surface area (Å²) >= 11 is 0. The van der Waals surface area contributed by atoms with Crippen LogP contribution in [0.1, 0.15) is 30.1 Å². The lowest BCUT2D eigenvalue weighted by molar-refractivity contribution is -0.114. The number of benzene rings is 2. The van der Waals surface area contributed by atoms with E-state index in [0.29, 0.717) is 17.8 Å². The average molecular weight is 343 g/mol. The third kappa shape index (κ3) is 5.91. The second kappa shape index (κ2) is 9.42. The van der Waals surface area contributed by atoms with Gasteiger partial charge in [-0.3, -0.25) is 9.59 Å². The van der Waals surface area contributed by atoms with Crippen molar-refractivity contribution in [1.82, 2.24) is 5.32 Å². The predicted octanol–water partition coefficient (Wildman–Crippen LogP) is 3.41. The molecular weight excluding hydrogens is 321 g/mol. The Morgan fingerprint density at radius 3 is 2.64 bits per heavy atom. The smallest absolute Gasteiger partial charge is 0.251 e. The number of hydrogen-bond acceptors (Lipinski definition) is 3. The first kappa shape index (κ1) is 18.4. The van der Waals surface area contributed by atoms with Crippen LogP contribution in [0.4, 0.5) is 15.8 Å². The quantitative estimate of drug-likeness (QED) is 0.643. The molecule has 0 heterocycles. The molecule has 0 unspecified atom stereocenters. The van der Waals surface area contributed by atoms with Gasteiger partial charge in [-0.1, -0.05) is 31.5 Å². The van der Waals surface area contributed by atoms with E-state index in [1.807, 2.05) is 0 Å². The van der Waals surface area contributed by atoms with Crippen LogP contribution in [0.3, 0.4) is 0 Å². The van der Waals surface area contributed by atoms with Gasteiger partial charge in [-0.15, -0.1) is 0 Å². The van der Waals surface area contributed by atoms with E-state index in [1.165, 1.54) is 12.1 Å². The summed E-state index contributed by atoms with van der Waals surface area (Å²) in [5, 5.41) is 8.27. The predicted molar refractivity (Wildman–Crippen MR) is 97.2 cm³/mol. The summed E-state index contributed by atoms with van der Waals surface area (Å²) in [4.78, 5) is 23.9. The zero-order valence-electron chi connectivity index (χ0n) is 14.1. The first-order chi connectivity index (χ1) is 12.1. The molecule has 2 amide bonds. The summed E-state index contributed by atoms with van der Waals surface area (Å²) in [5.74, 6) is -1.00. The summed E-state index contributed by atoms with van der Waals surface area (Å²) in [5.41, 5.74) is 1.31. The molecule has 2 aromatic rings. The number of carbonyl (C=O) groups excluding carboxylic acids is 2. The molecule has 0 bridgehead atoms. The minimum atomic E-state index is -0.485. The molecule has 0 saturated carbocycles. The van der Waals surface area contributed by atoms with E-state index in [1.54, 1.807) is 36.4 Å². The van der Waals surface area contributed by atoms with Crippen molar-refractivity contribution in [3.63, 3.8) is 0 Å². The molecule has 0 aromatic heterocycles. The Hall–Kier alpha value is -2.89. The van der Waals surface area contributed by atoms with Gasteiger partial charge in [-0.05, 0) is 36.8 Å². The van der Waals surface area contributed by atoms with Crippen LogP contribution in [-0.4, -0.2) is 24.9 Å². The standard InChI is InChI=1S/C19H22FN3O2/c1-2-3-11-21-19(25)14-7-6-8-15(12-14)22-13-18(24)23-17-10-5-4-9-16(17)20/h4-10,12,22H,2-3,11,13H2,1H3,(H,21,25)(H,23,24). The molecule has 6 heteroatoms. The van der Waals surface area contributed by atoms with Crippen LogP contribution < -0.4 is 16.0 Å². The number of amides is 2. The number of halogens is 1. The first-order valence-electron chi connectivity index (χ1n) is 8.26. The fraction of sp³-hybridized carbons (Fsp3) is 0.263. The SMILES string of the molecule is CCCCNC(=O)c1cccc(NCC(=O)Nc2ccccc2F)c1. The lowest BCUT2D eigenvalue weighted by Gasteiger charge is -2.10. The van der Waals surface area contributed by atoms with Gasteiger partial charge in [0.1, 0.15) is 5.82 Å². The van der Waals surface area contributed by atoms with Crippen molar-refractivity contribution in [2.45, 2.75) is 19.8 Å². The van der Waals surface area contributed by atoms with Gasteiger partial charge in [0.25, 0.3) is 5.91 Å². The Labute approximate surface area is 146 Å². The van der Waals surface area contributed by atoms with E-state index in [4.69, 9.17) is 0 Å². The highest BCUT2D eigenvalue weighted by atomic mass is 19.1. The molecule has 2 rings (SSSR count). The topological polar surface area (TPSA) is 70.2 Å². The summed E-state index contributed by atoms with van der Waals surface area (Å²) in [6.07, 6.45) is 1.94. The molecule has 0 aliphatic heterocycles. The molecule has 132 valence electrons. The van der Waals surface area contributed by atoms with E-state index < -0.39 is 5.82 Å². The molecule has 0 radical (unpaired) electrons. The van der Waals surface area contributed by atoms with Gasteiger partial charge < -0.3 is 16.0 Å². The van der Waals surface area contributed by atoms with E-state index >= 15 is 0 Å². The monoisotopic (exact) mass is 343 g/mol. The molecule has 25 heavy (non-hydrogen) atoms. The van der Waals surface area contributed by atoms with Crippen LogP contribution in [0, 0.1) is 5.82 Å². The normalized spacial score (nSPS) is 10.2. The lowest BCUT2D eigenvalue weighted by atomic mass is 10.2. The Kier molecular flexibility index (Phi) is 6.95. The minimum Gasteiger partial charge on any atom is -0.376 e. The Morgan fingerprint density at radius 1 is 1.08 bits per heavy atom. The maximum absolute atomic E-state index is 13.5. The fourth-order valence-electron chi connectivity index (χ4n) is 2.19. The van der Waals surface area contributed by atoms with E-state index in [2.05, 4.69) is 22.9 Å². The van der Waals surface area contributed by atoms with Crippen LogP contribution in [0.25, 0.3) is 0 Å². The maximum atomic E-state index is 13.5. The van der Waals surface area contributed by atoms with Crippen LogP contribution >= 0.6 is 0 Å². The fourth-order valence-corrected chi connectivity index (χ4v) is 2.19. The number of rotatable bonds is 8. The van der Waals surface area contributed by atoms with Gasteiger partial charge in [0.2, 0.25) is 5.91 Å². The van der Waals surface area contributed by atoms with E-state index in [-0.39, 0.29) is 24.0 Å². The highest BCUT2D eigenvalue weighted by molar-refractivity contribution is 5.96. The summed E-state index contributed by atoms with van der Waals surface area (Å²) in [7, 11) is 0. The second-order valence-corrected chi connectivity index (χ2v) is 5.57. The van der Waals surface area contributed by atoms with Gasteiger partial charge in [0.05, 0.1) is 12.2 Å². The summed E-state index contributed by atoms with van der Waals surface area (Å²) in [6.45, 7) is 2.66. The van der Waals surface area contributed by atoms with Gasteiger partial charge in [0.15, 0.2) is 0 Å². The number of hydrogen-bond donors (Lipinski definition) is 3. The van der Waals surface area contributed by atoms with Crippen molar-refractivity contribution < 1.29 is 14.0 Å². The highest BCUT2D eigenvalue weighted by Crippen LogP contribution is 2.13. The zero-order valence-corrected chi connectivity index (χ0v) is 14.1. The Morgan fingerprint density at radius 2 is 1.88 bits per heavy atom. The van der Waals surface area contributed by atoms with Crippen LogP contribution in [0.5, 0.6) is 0 Å². The Bertz CT molecular complexity index is 734. The minimum absolute atomic E-state index is 0.0325. The van der Waals surface area contributed by atoms with Gasteiger partial charge in [-0.2, -0.15) is 0 Å². The van der Waals surface area contributed by atoms with Crippen molar-refractivity contribution in [2.24, 2.45) is 0 Å². The summed E-state index contributed by atoms with van der Waals surface area (Å²) < 4.78 is 13.5. The summed E-state index contributed by atoms with van der Waals surface area (Å²) in [6, 6.07) is 12.9. The molecule has 2 aromatic carbocycles. The van der Waals surface area contributed by atoms with Gasteiger partial charge in [0, 0.05) is 17.8 Å². The second-order valence-electron chi connectivity index (χ2n) is 5.57. The zero-order chi connectivity index (χ0) is 18.1. The third-order valence-corrected chi connectivity index (χ3v) is 3.54. The number of para-hydroxylation sites is 1. The van der Waals surface area contributed by atoms with E-state index in [9.17, 15) is 14.0 Å². The number of nitrogens with one attached hydrogen (secondary N) is 3. The van der Waals surface area contributed by atoms with Crippen molar-refractivity contribution in [2.75, 3.05) is 23.7 Å². The molecule has 0 aliphatic rings. The van der Waals surface area contributed by atoms with Crippen LogP contribution in [-0.2, 0) is 4.79 Å². The van der Waals surface area contributed by atoms with E-state index in [0.717, 1.165) is 12.8 Å². The van der Waals surface area contributed by atoms with Crippen LogP contribution in [0.2, 0.25) is 0 Å². The number of anilines is 2. The molecule has 0 aliphatic carbocycles. The van der Waals surface area contributed by atoms with Crippen molar-refractivity contribution >= 4 is 23.2 Å². The Balaban J connectivity index is 1.88. The van der Waals surface area contributed by atoms with Crippen molar-refractivity contribution in [3.05, 3.63) is 59.9 Å². The van der Waals surface area contributed by atoms with Crippen molar-refractivity contribution in [1.29, 1.82) is 0 Å². The van der Waals surface area contributed by atoms with Crippen LogP contribution in [0.15, 0.2) is 48.5 Å². The third-order valence-electron chi connectivity index (χ3n) is 3.54. The van der Waals surface area contributed by atoms with Crippen molar-refractivity contribution in [3.8, 4) is 0 Å². The molecule has 0 atom stereocenters.